The topological polar surface area (TPSA) is 46.2 Å². The lowest BCUT2D eigenvalue weighted by Gasteiger charge is -2.07. The van der Waals surface area contributed by atoms with Crippen molar-refractivity contribution in [1.82, 2.24) is 5.32 Å². The summed E-state index contributed by atoms with van der Waals surface area (Å²) >= 11 is 5.26. The van der Waals surface area contributed by atoms with Crippen LogP contribution in [0.4, 0.5) is 0 Å². The Kier molecular flexibility index (Phi) is 6.38. The van der Waals surface area contributed by atoms with E-state index < -0.39 is 10.8 Å². The molecule has 0 aliphatic carbocycles. The van der Waals surface area contributed by atoms with Crippen LogP contribution in [0, 0.1) is 0 Å². The van der Waals surface area contributed by atoms with Gasteiger partial charge in [-0.3, -0.25) is 9.00 Å². The number of hydrogen-bond acceptors (Lipinski definition) is 2. The molecule has 0 aliphatic heterocycles. The molecule has 12 heavy (non-hydrogen) atoms. The normalized spacial score (nSPS) is 15.2. The van der Waals surface area contributed by atoms with Crippen LogP contribution in [0.5, 0.6) is 0 Å². The smallest absolute Gasteiger partial charge is 0.234 e. The molecule has 0 rings (SSSR count). The molecule has 72 valence electrons. The summed E-state index contributed by atoms with van der Waals surface area (Å²) in [4.78, 5) is 10.6. The van der Waals surface area contributed by atoms with Crippen LogP contribution < -0.4 is 5.32 Å². The average molecular weight is 212 g/mol. The second kappa shape index (κ2) is 6.43. The molecule has 0 aromatic heterocycles. The molecule has 5 heteroatoms. The molecule has 2 atom stereocenters. The predicted octanol–water partition coefficient (Wildman–Crippen LogP) is 0.499. The van der Waals surface area contributed by atoms with Gasteiger partial charge in [0.1, 0.15) is 5.88 Å². The molecule has 1 amide bonds. The van der Waals surface area contributed by atoms with Gasteiger partial charge < -0.3 is 5.32 Å². The first-order valence-corrected chi connectivity index (χ1v) is 5.88. The van der Waals surface area contributed by atoms with Gasteiger partial charge in [0.05, 0.1) is 0 Å². The highest BCUT2D eigenvalue weighted by Crippen LogP contribution is 1.96. The molecule has 0 saturated carbocycles. The van der Waals surface area contributed by atoms with Crippen molar-refractivity contribution in [2.24, 2.45) is 0 Å². The van der Waals surface area contributed by atoms with E-state index in [1.54, 1.807) is 6.26 Å². The zero-order valence-corrected chi connectivity index (χ0v) is 8.87. The molecule has 0 heterocycles. The Labute approximate surface area is 80.3 Å². The van der Waals surface area contributed by atoms with E-state index in [4.69, 9.17) is 11.6 Å². The van der Waals surface area contributed by atoms with Gasteiger partial charge in [0, 0.05) is 28.9 Å². The van der Waals surface area contributed by atoms with E-state index >= 15 is 0 Å². The molecular weight excluding hydrogens is 198 g/mol. The number of carbonyl (C=O) groups is 1. The van der Waals surface area contributed by atoms with Gasteiger partial charge in [-0.05, 0) is 6.42 Å². The standard InChI is InChI=1S/C7H14ClNO2S/c1-6(12(2)11)3-4-9-7(10)5-8/h6H,3-5H2,1-2H3,(H,9,10). The summed E-state index contributed by atoms with van der Waals surface area (Å²) in [5.74, 6) is -0.186. The Bertz CT molecular complexity index is 175. The predicted molar refractivity (Wildman–Crippen MR) is 51.9 cm³/mol. The maximum absolute atomic E-state index is 10.9. The van der Waals surface area contributed by atoms with Crippen LogP contribution >= 0.6 is 11.6 Å². The fourth-order valence-corrected chi connectivity index (χ4v) is 1.17. The number of alkyl halides is 1. The number of carbonyl (C=O) groups excluding carboxylic acids is 1. The first kappa shape index (κ1) is 11.9. The van der Waals surface area contributed by atoms with Crippen LogP contribution in [0.1, 0.15) is 13.3 Å². The van der Waals surface area contributed by atoms with Crippen LogP contribution in [0.3, 0.4) is 0 Å². The molecule has 0 radical (unpaired) electrons. The Morgan fingerprint density at radius 3 is 2.67 bits per heavy atom. The minimum atomic E-state index is -0.811. The zero-order valence-electron chi connectivity index (χ0n) is 7.30. The fourth-order valence-electron chi connectivity index (χ4n) is 0.628. The Hall–Kier alpha value is -0.0900. The monoisotopic (exact) mass is 211 g/mol. The molecule has 0 aliphatic rings. The molecule has 0 bridgehead atoms. The third-order valence-electron chi connectivity index (χ3n) is 1.56. The van der Waals surface area contributed by atoms with Crippen molar-refractivity contribution in [2.45, 2.75) is 18.6 Å². The molecule has 0 aromatic rings. The molecule has 0 saturated heterocycles. The first-order valence-electron chi connectivity index (χ1n) is 3.72. The SMILES string of the molecule is CC(CCNC(=O)CCl)S(C)=O. The molecule has 1 N–H and O–H groups in total. The van der Waals surface area contributed by atoms with E-state index in [1.165, 1.54) is 0 Å². The fraction of sp³-hybridized carbons (Fsp3) is 0.857. The second-order valence-electron chi connectivity index (χ2n) is 2.58. The van der Waals surface area contributed by atoms with Crippen molar-refractivity contribution in [3.8, 4) is 0 Å². The van der Waals surface area contributed by atoms with Gasteiger partial charge in [-0.25, -0.2) is 0 Å². The van der Waals surface area contributed by atoms with Crippen LogP contribution in [0.25, 0.3) is 0 Å². The van der Waals surface area contributed by atoms with Crippen molar-refractivity contribution in [1.29, 1.82) is 0 Å². The van der Waals surface area contributed by atoms with Crippen molar-refractivity contribution in [3.63, 3.8) is 0 Å². The van der Waals surface area contributed by atoms with E-state index in [2.05, 4.69) is 5.32 Å². The van der Waals surface area contributed by atoms with E-state index in [1.807, 2.05) is 6.92 Å². The van der Waals surface area contributed by atoms with Gasteiger partial charge in [0.25, 0.3) is 0 Å². The second-order valence-corrected chi connectivity index (χ2v) is 4.65. The van der Waals surface area contributed by atoms with Crippen LogP contribution in [0.15, 0.2) is 0 Å². The lowest BCUT2D eigenvalue weighted by atomic mass is 10.3. The van der Waals surface area contributed by atoms with E-state index in [0.29, 0.717) is 6.54 Å². The number of nitrogens with one attached hydrogen (secondary N) is 1. The lowest BCUT2D eigenvalue weighted by molar-refractivity contribution is -0.118. The summed E-state index contributed by atoms with van der Waals surface area (Å²) in [5.41, 5.74) is 0. The first-order chi connectivity index (χ1) is 5.57. The van der Waals surface area contributed by atoms with E-state index in [-0.39, 0.29) is 17.0 Å². The summed E-state index contributed by atoms with van der Waals surface area (Å²) < 4.78 is 10.9. The average Bonchev–Trinajstić information content (AvgIpc) is 2.03. The maximum atomic E-state index is 10.9. The largest absolute Gasteiger partial charge is 0.355 e. The number of halogens is 1. The van der Waals surface area contributed by atoms with Gasteiger partial charge in [0.2, 0.25) is 5.91 Å². The number of rotatable bonds is 5. The van der Waals surface area contributed by atoms with Crippen LogP contribution in [-0.4, -0.2) is 34.0 Å². The summed E-state index contributed by atoms with van der Waals surface area (Å²) in [6.07, 6.45) is 2.39. The molecule has 0 spiro atoms. The van der Waals surface area contributed by atoms with Crippen molar-refractivity contribution >= 4 is 28.3 Å². The van der Waals surface area contributed by atoms with Crippen LogP contribution in [-0.2, 0) is 15.6 Å². The van der Waals surface area contributed by atoms with Gasteiger partial charge in [-0.15, -0.1) is 11.6 Å². The number of hydrogen-bond donors (Lipinski definition) is 1. The number of amides is 1. The Morgan fingerprint density at radius 2 is 2.25 bits per heavy atom. The van der Waals surface area contributed by atoms with Crippen molar-refractivity contribution in [2.75, 3.05) is 18.7 Å². The van der Waals surface area contributed by atoms with E-state index in [9.17, 15) is 9.00 Å². The quantitative estimate of drug-likeness (QED) is 0.674. The van der Waals surface area contributed by atoms with Gasteiger partial charge in [-0.2, -0.15) is 0 Å². The van der Waals surface area contributed by atoms with E-state index in [0.717, 1.165) is 6.42 Å². The highest BCUT2D eigenvalue weighted by molar-refractivity contribution is 7.84. The molecule has 2 unspecified atom stereocenters. The summed E-state index contributed by atoms with van der Waals surface area (Å²) in [7, 11) is -0.811. The minimum Gasteiger partial charge on any atom is -0.355 e. The van der Waals surface area contributed by atoms with Gasteiger partial charge in [0.15, 0.2) is 0 Å². The maximum Gasteiger partial charge on any atom is 0.234 e. The third-order valence-corrected chi connectivity index (χ3v) is 3.17. The van der Waals surface area contributed by atoms with Crippen molar-refractivity contribution in [3.05, 3.63) is 0 Å². The van der Waals surface area contributed by atoms with Crippen LogP contribution in [0.2, 0.25) is 0 Å². The molecule has 3 nitrogen and oxygen atoms in total. The Morgan fingerprint density at radius 1 is 1.67 bits per heavy atom. The molecule has 0 aromatic carbocycles. The third kappa shape index (κ3) is 5.55. The van der Waals surface area contributed by atoms with Crippen molar-refractivity contribution < 1.29 is 9.00 Å². The van der Waals surface area contributed by atoms with Gasteiger partial charge in [-0.1, -0.05) is 6.92 Å². The highest BCUT2D eigenvalue weighted by Gasteiger charge is 2.05. The highest BCUT2D eigenvalue weighted by atomic mass is 35.5. The summed E-state index contributed by atoms with van der Waals surface area (Å²) in [5, 5.41) is 2.74. The molecule has 0 fully saturated rings. The van der Waals surface area contributed by atoms with Gasteiger partial charge >= 0.3 is 0 Å². The molecular formula is C7H14ClNO2S. The lowest BCUT2D eigenvalue weighted by Crippen LogP contribution is -2.28. The Balaban J connectivity index is 3.43. The zero-order chi connectivity index (χ0) is 9.56. The minimum absolute atomic E-state index is 0.0103. The summed E-state index contributed by atoms with van der Waals surface area (Å²) in [6, 6.07) is 0. The summed E-state index contributed by atoms with van der Waals surface area (Å²) in [6.45, 7) is 2.44.